The van der Waals surface area contributed by atoms with Crippen LogP contribution in [0, 0.1) is 12.7 Å². The molecule has 0 aliphatic rings. The summed E-state index contributed by atoms with van der Waals surface area (Å²) in [6.07, 6.45) is 0.550. The van der Waals surface area contributed by atoms with Crippen molar-refractivity contribution < 1.29 is 19.0 Å². The molecule has 8 heteroatoms. The van der Waals surface area contributed by atoms with E-state index in [1.54, 1.807) is 19.1 Å². The maximum atomic E-state index is 14.5. The summed E-state index contributed by atoms with van der Waals surface area (Å²) in [6, 6.07) is 4.84. The lowest BCUT2D eigenvalue weighted by molar-refractivity contribution is 0.194. The first-order valence-electron chi connectivity index (χ1n) is 6.38. The Kier molecular flexibility index (Phi) is 5.26. The average Bonchev–Trinajstić information content (AvgIpc) is 2.45. The van der Waals surface area contributed by atoms with Crippen molar-refractivity contribution >= 4 is 22.0 Å². The zero-order valence-electron chi connectivity index (χ0n) is 11.6. The van der Waals surface area contributed by atoms with Crippen molar-refractivity contribution in [2.24, 2.45) is 0 Å². The Hall–Kier alpha value is -2.22. The summed E-state index contributed by atoms with van der Waals surface area (Å²) in [6.45, 7) is 1.87. The molecule has 0 spiro atoms. The fourth-order valence-corrected chi connectivity index (χ4v) is 2.26. The van der Waals surface area contributed by atoms with Crippen LogP contribution in [0.2, 0.25) is 0 Å². The number of aryl methyl sites for hydroxylation is 1. The van der Waals surface area contributed by atoms with Crippen molar-refractivity contribution in [1.29, 1.82) is 0 Å². The van der Waals surface area contributed by atoms with Gasteiger partial charge in [-0.3, -0.25) is 0 Å². The highest BCUT2D eigenvalue weighted by Gasteiger charge is 2.15. The lowest BCUT2D eigenvalue weighted by Gasteiger charge is -2.11. The van der Waals surface area contributed by atoms with Crippen LogP contribution in [0.1, 0.15) is 11.3 Å². The first kappa shape index (κ1) is 16.2. The highest BCUT2D eigenvalue weighted by atomic mass is 79.9. The summed E-state index contributed by atoms with van der Waals surface area (Å²) >= 11 is 3.24. The molecule has 116 valence electrons. The van der Waals surface area contributed by atoms with Crippen LogP contribution in [0.4, 0.5) is 9.18 Å². The van der Waals surface area contributed by atoms with Crippen LogP contribution in [0.5, 0.6) is 11.8 Å². The molecule has 1 aromatic carbocycles. The van der Waals surface area contributed by atoms with Crippen LogP contribution < -0.4 is 10.1 Å². The second-order valence-electron chi connectivity index (χ2n) is 4.40. The van der Waals surface area contributed by atoms with E-state index in [0.717, 1.165) is 0 Å². The summed E-state index contributed by atoms with van der Waals surface area (Å²) in [5.41, 5.74) is 1.02. The molecule has 2 rings (SSSR count). The monoisotopic (exact) mass is 369 g/mol. The first-order valence-corrected chi connectivity index (χ1v) is 7.18. The Balaban J connectivity index is 2.20. The lowest BCUT2D eigenvalue weighted by atomic mass is 10.1. The largest absolute Gasteiger partial charge is 0.465 e. The highest BCUT2D eigenvalue weighted by molar-refractivity contribution is 9.10. The van der Waals surface area contributed by atoms with Gasteiger partial charge in [0.25, 0.3) is 0 Å². The number of carbonyl (C=O) groups is 1. The van der Waals surface area contributed by atoms with Gasteiger partial charge in [-0.2, -0.15) is 0 Å². The molecule has 0 saturated heterocycles. The van der Waals surface area contributed by atoms with Gasteiger partial charge in [0.1, 0.15) is 0 Å². The predicted octanol–water partition coefficient (Wildman–Crippen LogP) is 3.29. The van der Waals surface area contributed by atoms with Gasteiger partial charge >= 0.3 is 12.1 Å². The fraction of sp³-hybridized carbons (Fsp3) is 0.214. The van der Waals surface area contributed by atoms with Gasteiger partial charge in [0, 0.05) is 28.5 Å². The summed E-state index contributed by atoms with van der Waals surface area (Å²) in [5.74, 6) is -0.592. The number of hydrogen-bond acceptors (Lipinski definition) is 4. The number of rotatable bonds is 5. The summed E-state index contributed by atoms with van der Waals surface area (Å²) in [5, 5.41) is 10.7. The number of aromatic nitrogens is 2. The Bertz CT molecular complexity index is 697. The number of ether oxygens (including phenoxy) is 1. The molecule has 0 bridgehead atoms. The first-order chi connectivity index (χ1) is 10.5. The zero-order chi connectivity index (χ0) is 16.1. The highest BCUT2D eigenvalue weighted by Crippen LogP contribution is 2.30. The third-order valence-electron chi connectivity index (χ3n) is 2.78. The quantitative estimate of drug-likeness (QED) is 0.844. The van der Waals surface area contributed by atoms with Crippen molar-refractivity contribution in [3.05, 3.63) is 45.9 Å². The third kappa shape index (κ3) is 4.14. The van der Waals surface area contributed by atoms with Crippen molar-refractivity contribution in [2.75, 3.05) is 6.54 Å². The van der Waals surface area contributed by atoms with E-state index in [1.807, 2.05) is 0 Å². The second kappa shape index (κ2) is 7.17. The molecule has 0 aliphatic carbocycles. The van der Waals surface area contributed by atoms with Crippen LogP contribution in [-0.2, 0) is 6.42 Å². The number of nitrogens with zero attached hydrogens (tertiary/aromatic N) is 2. The van der Waals surface area contributed by atoms with Gasteiger partial charge in [-0.15, -0.1) is 0 Å². The molecule has 1 amide bonds. The second-order valence-corrected chi connectivity index (χ2v) is 5.26. The van der Waals surface area contributed by atoms with Crippen molar-refractivity contribution in [1.82, 2.24) is 15.3 Å². The van der Waals surface area contributed by atoms with Crippen LogP contribution >= 0.6 is 15.9 Å². The fourth-order valence-electron chi connectivity index (χ4n) is 1.75. The maximum Gasteiger partial charge on any atom is 0.404 e. The molecule has 2 aromatic rings. The molecule has 1 aromatic heterocycles. The van der Waals surface area contributed by atoms with E-state index < -0.39 is 11.9 Å². The molecule has 6 nitrogen and oxygen atoms in total. The van der Waals surface area contributed by atoms with Gasteiger partial charge in [0.05, 0.1) is 0 Å². The van der Waals surface area contributed by atoms with Gasteiger partial charge in [-0.05, 0) is 31.5 Å². The van der Waals surface area contributed by atoms with E-state index in [1.165, 1.54) is 12.3 Å². The number of hydrogen-bond donors (Lipinski definition) is 2. The van der Waals surface area contributed by atoms with Crippen molar-refractivity contribution in [3.63, 3.8) is 0 Å². The topological polar surface area (TPSA) is 84.3 Å². The van der Waals surface area contributed by atoms with Crippen LogP contribution in [0.3, 0.4) is 0 Å². The minimum absolute atomic E-state index is 0.0147. The Morgan fingerprint density at radius 3 is 2.91 bits per heavy atom. The third-order valence-corrected chi connectivity index (χ3v) is 3.52. The zero-order valence-corrected chi connectivity index (χ0v) is 13.2. The van der Waals surface area contributed by atoms with Gasteiger partial charge in [-0.25, -0.2) is 19.2 Å². The smallest absolute Gasteiger partial charge is 0.404 e. The maximum absolute atomic E-state index is 14.5. The molecule has 2 N–H and O–H groups in total. The number of nitrogens with one attached hydrogen (secondary N) is 1. The van der Waals surface area contributed by atoms with E-state index in [2.05, 4.69) is 31.2 Å². The molecule has 0 aliphatic heterocycles. The van der Waals surface area contributed by atoms with E-state index in [9.17, 15) is 9.18 Å². The minimum atomic E-state index is -1.16. The van der Waals surface area contributed by atoms with Gasteiger partial charge in [0.15, 0.2) is 11.6 Å². The molecule has 0 atom stereocenters. The minimum Gasteiger partial charge on any atom is -0.465 e. The molecule has 0 saturated carbocycles. The summed E-state index contributed by atoms with van der Waals surface area (Å²) < 4.78 is 20.4. The molecular formula is C14H13BrFN3O3. The molecule has 0 fully saturated rings. The SMILES string of the molecule is Cc1ccnc(Oc2ccc(Br)c(CCNC(=O)O)c2F)n1. The van der Waals surface area contributed by atoms with E-state index >= 15 is 0 Å². The number of benzene rings is 1. The lowest BCUT2D eigenvalue weighted by Crippen LogP contribution is -2.23. The number of halogens is 2. The van der Waals surface area contributed by atoms with Crippen LogP contribution in [-0.4, -0.2) is 27.7 Å². The number of amides is 1. The standard InChI is InChI=1S/C14H13BrFN3O3/c1-8-4-6-17-13(19-8)22-11-3-2-10(15)9(12(11)16)5-7-18-14(20)21/h2-4,6,18H,5,7H2,1H3,(H,20,21). The summed E-state index contributed by atoms with van der Waals surface area (Å²) in [4.78, 5) is 18.4. The molecular weight excluding hydrogens is 357 g/mol. The Morgan fingerprint density at radius 1 is 1.45 bits per heavy atom. The molecule has 0 radical (unpaired) electrons. The normalized spacial score (nSPS) is 10.3. The molecule has 22 heavy (non-hydrogen) atoms. The Morgan fingerprint density at radius 2 is 2.23 bits per heavy atom. The average molecular weight is 370 g/mol. The van der Waals surface area contributed by atoms with Crippen LogP contribution in [0.15, 0.2) is 28.9 Å². The van der Waals surface area contributed by atoms with Crippen molar-refractivity contribution in [3.8, 4) is 11.8 Å². The van der Waals surface area contributed by atoms with Crippen molar-refractivity contribution in [2.45, 2.75) is 13.3 Å². The van der Waals surface area contributed by atoms with E-state index in [-0.39, 0.29) is 24.7 Å². The number of carboxylic acid groups (broad SMARTS) is 1. The molecule has 0 unspecified atom stereocenters. The van der Waals surface area contributed by atoms with E-state index in [0.29, 0.717) is 15.7 Å². The van der Waals surface area contributed by atoms with Gasteiger partial charge < -0.3 is 15.2 Å². The van der Waals surface area contributed by atoms with Gasteiger partial charge in [0.2, 0.25) is 0 Å². The Labute approximate surface area is 134 Å². The van der Waals surface area contributed by atoms with Crippen LogP contribution in [0.25, 0.3) is 0 Å². The molecule has 1 heterocycles. The summed E-state index contributed by atoms with van der Waals surface area (Å²) in [7, 11) is 0. The van der Waals surface area contributed by atoms with E-state index in [4.69, 9.17) is 9.84 Å². The van der Waals surface area contributed by atoms with Gasteiger partial charge in [-0.1, -0.05) is 15.9 Å². The predicted molar refractivity (Wildman–Crippen MR) is 80.7 cm³/mol.